The Morgan fingerprint density at radius 3 is 2.83 bits per heavy atom. The molecule has 2 aliphatic rings. The number of imidazole rings is 1. The number of hydrogen-bond acceptors (Lipinski definition) is 6. The third kappa shape index (κ3) is 2.43. The number of anilines is 1. The van der Waals surface area contributed by atoms with Crippen LogP contribution in [0.25, 0.3) is 0 Å². The smallest absolute Gasteiger partial charge is 0.176 e. The van der Waals surface area contributed by atoms with E-state index >= 15 is 0 Å². The van der Waals surface area contributed by atoms with Crippen molar-refractivity contribution >= 4 is 11.9 Å². The Balaban J connectivity index is 1.58. The summed E-state index contributed by atoms with van der Waals surface area (Å²) in [5.41, 5.74) is 1.99. The van der Waals surface area contributed by atoms with E-state index in [9.17, 15) is 0 Å². The van der Waals surface area contributed by atoms with Crippen molar-refractivity contribution in [1.29, 1.82) is 0 Å². The summed E-state index contributed by atoms with van der Waals surface area (Å²) in [5.74, 6) is 2.49. The van der Waals surface area contributed by atoms with Crippen LogP contribution in [0.2, 0.25) is 0 Å². The highest BCUT2D eigenvalue weighted by molar-refractivity contribution is 5.91. The number of aliphatic imine (C=N–C) groups is 1. The van der Waals surface area contributed by atoms with E-state index in [1.165, 1.54) is 0 Å². The molecular weight excluding hydrogens is 294 g/mol. The monoisotopic (exact) mass is 313 g/mol. The van der Waals surface area contributed by atoms with Gasteiger partial charge in [-0.25, -0.2) is 4.98 Å². The minimum Gasteiger partial charge on any atom is -0.493 e. The number of fused-ring (bicyclic) bond motifs is 2. The molecule has 120 valence electrons. The molecule has 0 saturated heterocycles. The zero-order valence-corrected chi connectivity index (χ0v) is 13.2. The second kappa shape index (κ2) is 5.58. The van der Waals surface area contributed by atoms with E-state index in [2.05, 4.69) is 24.8 Å². The molecule has 0 radical (unpaired) electrons. The summed E-state index contributed by atoms with van der Waals surface area (Å²) < 4.78 is 12.9. The third-order valence-corrected chi connectivity index (χ3v) is 4.32. The number of nitrogens with zero attached hydrogens (tertiary/aromatic N) is 4. The van der Waals surface area contributed by atoms with Crippen molar-refractivity contribution in [3.63, 3.8) is 0 Å². The van der Waals surface area contributed by atoms with Crippen molar-refractivity contribution < 1.29 is 9.47 Å². The van der Waals surface area contributed by atoms with Gasteiger partial charge in [0.2, 0.25) is 0 Å². The maximum atomic E-state index is 5.38. The number of benzene rings is 1. The molecule has 1 aromatic heterocycles. The highest BCUT2D eigenvalue weighted by atomic mass is 16.5. The predicted octanol–water partition coefficient (Wildman–Crippen LogP) is 1.54. The van der Waals surface area contributed by atoms with Gasteiger partial charge < -0.3 is 19.4 Å². The molecule has 0 amide bonds. The lowest BCUT2D eigenvalue weighted by atomic mass is 10.1. The number of rotatable bonds is 3. The van der Waals surface area contributed by atoms with E-state index in [1.54, 1.807) is 14.2 Å². The van der Waals surface area contributed by atoms with Crippen LogP contribution in [0.1, 0.15) is 11.4 Å². The van der Waals surface area contributed by atoms with Gasteiger partial charge >= 0.3 is 0 Å². The largest absolute Gasteiger partial charge is 0.493 e. The van der Waals surface area contributed by atoms with Gasteiger partial charge in [-0.2, -0.15) is 0 Å². The van der Waals surface area contributed by atoms with Crippen molar-refractivity contribution in [2.75, 3.05) is 26.1 Å². The lowest BCUT2D eigenvalue weighted by molar-refractivity contribution is 0.172. The fraction of sp³-hybridized carbons (Fsp3) is 0.375. The molecule has 4 rings (SSSR count). The number of methoxy groups -OCH3 is 2. The number of nitrogens with one attached hydrogen (secondary N) is 1. The van der Waals surface area contributed by atoms with Crippen LogP contribution in [-0.2, 0) is 13.1 Å². The summed E-state index contributed by atoms with van der Waals surface area (Å²) in [4.78, 5) is 11.3. The van der Waals surface area contributed by atoms with E-state index in [1.807, 2.05) is 30.7 Å². The third-order valence-electron chi connectivity index (χ3n) is 4.32. The Hall–Kier alpha value is -2.54. The van der Waals surface area contributed by atoms with Gasteiger partial charge in [0.1, 0.15) is 5.82 Å². The standard InChI is InChI=1S/C16H19N5O2/c1-22-13-7-11-9-18-16(19-12(11)8-14(13)23-2)21-6-5-20-4-3-17-15(20)10-21/h3-4,7-9,16,19H,5-6,10H2,1-2H3. The summed E-state index contributed by atoms with van der Waals surface area (Å²) in [6, 6.07) is 3.89. The van der Waals surface area contributed by atoms with Gasteiger partial charge in [-0.05, 0) is 6.07 Å². The van der Waals surface area contributed by atoms with Crippen molar-refractivity contribution in [3.8, 4) is 11.5 Å². The first kappa shape index (κ1) is 14.1. The number of ether oxygens (including phenoxy) is 2. The van der Waals surface area contributed by atoms with Crippen LogP contribution >= 0.6 is 0 Å². The maximum Gasteiger partial charge on any atom is 0.176 e. The molecule has 0 fully saturated rings. The molecule has 7 nitrogen and oxygen atoms in total. The average molecular weight is 313 g/mol. The lowest BCUT2D eigenvalue weighted by Crippen LogP contribution is -2.45. The van der Waals surface area contributed by atoms with Crippen molar-refractivity contribution in [2.24, 2.45) is 4.99 Å². The van der Waals surface area contributed by atoms with Gasteiger partial charge in [0.15, 0.2) is 17.8 Å². The molecule has 1 unspecified atom stereocenters. The van der Waals surface area contributed by atoms with Crippen LogP contribution in [0.4, 0.5) is 5.69 Å². The topological polar surface area (TPSA) is 63.9 Å². The Labute approximate surface area is 134 Å². The molecule has 3 heterocycles. The van der Waals surface area contributed by atoms with E-state index < -0.39 is 0 Å². The summed E-state index contributed by atoms with van der Waals surface area (Å²) in [7, 11) is 3.28. The molecule has 23 heavy (non-hydrogen) atoms. The van der Waals surface area contributed by atoms with Gasteiger partial charge in [-0.15, -0.1) is 0 Å². The average Bonchev–Trinajstić information content (AvgIpc) is 3.07. The van der Waals surface area contributed by atoms with Crippen molar-refractivity contribution in [2.45, 2.75) is 19.4 Å². The molecule has 2 aromatic rings. The van der Waals surface area contributed by atoms with Gasteiger partial charge in [-0.1, -0.05) is 0 Å². The maximum absolute atomic E-state index is 5.38. The first-order valence-electron chi connectivity index (χ1n) is 7.58. The second-order valence-electron chi connectivity index (χ2n) is 5.60. The molecule has 7 heteroatoms. The molecule has 2 aliphatic heterocycles. The fourth-order valence-corrected chi connectivity index (χ4v) is 3.04. The first-order valence-corrected chi connectivity index (χ1v) is 7.58. The quantitative estimate of drug-likeness (QED) is 0.931. The lowest BCUT2D eigenvalue weighted by Gasteiger charge is -2.35. The number of hydrogen-bond donors (Lipinski definition) is 1. The summed E-state index contributed by atoms with van der Waals surface area (Å²) in [5, 5.41) is 3.47. The highest BCUT2D eigenvalue weighted by Crippen LogP contribution is 2.34. The van der Waals surface area contributed by atoms with Crippen LogP contribution in [0.3, 0.4) is 0 Å². The van der Waals surface area contributed by atoms with Crippen molar-refractivity contribution in [1.82, 2.24) is 14.5 Å². The highest BCUT2D eigenvalue weighted by Gasteiger charge is 2.26. The zero-order valence-electron chi connectivity index (χ0n) is 13.2. The molecule has 1 aromatic carbocycles. The predicted molar refractivity (Wildman–Crippen MR) is 87.2 cm³/mol. The SMILES string of the molecule is COc1cc2c(cc1OC)NC(N1CCn3ccnc3C1)N=C2. The van der Waals surface area contributed by atoms with Gasteiger partial charge in [0.25, 0.3) is 0 Å². The molecular formula is C16H19N5O2. The van der Waals surface area contributed by atoms with Crippen LogP contribution in [0, 0.1) is 0 Å². The first-order chi connectivity index (χ1) is 11.3. The van der Waals surface area contributed by atoms with Crippen LogP contribution in [0.15, 0.2) is 29.5 Å². The van der Waals surface area contributed by atoms with Crippen LogP contribution < -0.4 is 14.8 Å². The minimum atomic E-state index is -0.0916. The fourth-order valence-electron chi connectivity index (χ4n) is 3.04. The van der Waals surface area contributed by atoms with Gasteiger partial charge in [0.05, 0.1) is 20.8 Å². The molecule has 1 N–H and O–H groups in total. The van der Waals surface area contributed by atoms with Crippen LogP contribution in [-0.4, -0.2) is 47.7 Å². The van der Waals surface area contributed by atoms with E-state index in [0.717, 1.165) is 36.7 Å². The Morgan fingerprint density at radius 2 is 2.00 bits per heavy atom. The Bertz CT molecular complexity index is 755. The molecule has 0 bridgehead atoms. The van der Waals surface area contributed by atoms with Crippen molar-refractivity contribution in [3.05, 3.63) is 35.9 Å². The molecule has 0 aliphatic carbocycles. The molecule has 1 atom stereocenters. The summed E-state index contributed by atoms with van der Waals surface area (Å²) in [6.07, 6.45) is 5.67. The Morgan fingerprint density at radius 1 is 1.17 bits per heavy atom. The van der Waals surface area contributed by atoms with E-state index in [-0.39, 0.29) is 6.29 Å². The van der Waals surface area contributed by atoms with E-state index in [4.69, 9.17) is 9.47 Å². The minimum absolute atomic E-state index is 0.0916. The zero-order chi connectivity index (χ0) is 15.8. The van der Waals surface area contributed by atoms with Crippen LogP contribution in [0.5, 0.6) is 11.5 Å². The number of aromatic nitrogens is 2. The summed E-state index contributed by atoms with van der Waals surface area (Å²) >= 11 is 0. The normalized spacial score (nSPS) is 19.7. The Kier molecular flexibility index (Phi) is 3.42. The van der Waals surface area contributed by atoms with Gasteiger partial charge in [0, 0.05) is 49.0 Å². The summed E-state index contributed by atoms with van der Waals surface area (Å²) in [6.45, 7) is 2.65. The molecule has 0 saturated carbocycles. The second-order valence-corrected chi connectivity index (χ2v) is 5.60. The van der Waals surface area contributed by atoms with E-state index in [0.29, 0.717) is 11.5 Å². The molecule has 0 spiro atoms. The van der Waals surface area contributed by atoms with Gasteiger partial charge in [-0.3, -0.25) is 9.89 Å².